The Hall–Kier alpha value is -2.49. The molecule has 3 rings (SSSR count). The number of fused-ring (bicyclic) bond motifs is 1. The van der Waals surface area contributed by atoms with Crippen molar-refractivity contribution in [3.63, 3.8) is 0 Å². The van der Waals surface area contributed by atoms with E-state index in [9.17, 15) is 4.79 Å². The first kappa shape index (κ1) is 14.4. The first-order valence-electron chi connectivity index (χ1n) is 7.27. The summed E-state index contributed by atoms with van der Waals surface area (Å²) in [4.78, 5) is 16.9. The molecule has 0 saturated heterocycles. The van der Waals surface area contributed by atoms with Crippen LogP contribution in [0.25, 0.3) is 16.5 Å². The van der Waals surface area contributed by atoms with Gasteiger partial charge in [0, 0.05) is 17.1 Å². The molecule has 0 amide bonds. The molecular weight excluding hydrogens is 279 g/mol. The molecule has 0 fully saturated rings. The standard InChI is InChI=1S/C18H17FN2O/c1-11(2)16-13-7-4-5-8-14(13)18(22)21(17(16)19)15-9-6-10-20-12(15)3/h4-11H,1-3H3. The Labute approximate surface area is 128 Å². The second kappa shape index (κ2) is 5.37. The minimum absolute atomic E-state index is 0.0336. The average Bonchev–Trinajstić information content (AvgIpc) is 2.49. The SMILES string of the molecule is Cc1ncccc1-n1c(F)c(C(C)C)c2ccccc2c1=O. The van der Waals surface area contributed by atoms with Gasteiger partial charge in [-0.3, -0.25) is 14.3 Å². The van der Waals surface area contributed by atoms with Gasteiger partial charge in [-0.15, -0.1) is 0 Å². The first-order valence-corrected chi connectivity index (χ1v) is 7.27. The monoisotopic (exact) mass is 296 g/mol. The zero-order chi connectivity index (χ0) is 15.9. The number of hydrogen-bond acceptors (Lipinski definition) is 2. The van der Waals surface area contributed by atoms with Crippen LogP contribution in [0.3, 0.4) is 0 Å². The van der Waals surface area contributed by atoms with Gasteiger partial charge in [0.2, 0.25) is 5.95 Å². The van der Waals surface area contributed by atoms with E-state index < -0.39 is 5.95 Å². The normalized spacial score (nSPS) is 11.3. The number of aromatic nitrogens is 2. The van der Waals surface area contributed by atoms with Crippen LogP contribution in [0.5, 0.6) is 0 Å². The van der Waals surface area contributed by atoms with E-state index in [-0.39, 0.29) is 11.5 Å². The van der Waals surface area contributed by atoms with E-state index in [2.05, 4.69) is 4.98 Å². The van der Waals surface area contributed by atoms with Crippen LogP contribution in [0, 0.1) is 12.9 Å². The molecule has 0 aliphatic rings. The van der Waals surface area contributed by atoms with Crippen molar-refractivity contribution < 1.29 is 4.39 Å². The molecule has 0 atom stereocenters. The second-order valence-corrected chi connectivity index (χ2v) is 5.65. The molecule has 2 heterocycles. The lowest BCUT2D eigenvalue weighted by atomic mass is 9.97. The Kier molecular flexibility index (Phi) is 3.53. The quantitative estimate of drug-likeness (QED) is 0.671. The van der Waals surface area contributed by atoms with Crippen LogP contribution in [0.2, 0.25) is 0 Å². The summed E-state index contributed by atoms with van der Waals surface area (Å²) < 4.78 is 16.3. The number of rotatable bonds is 2. The van der Waals surface area contributed by atoms with E-state index in [1.165, 1.54) is 0 Å². The molecule has 3 aromatic rings. The van der Waals surface area contributed by atoms with Crippen molar-refractivity contribution in [2.24, 2.45) is 0 Å². The Bertz CT molecular complexity index is 913. The molecular formula is C18H17FN2O. The maximum Gasteiger partial charge on any atom is 0.265 e. The molecule has 0 bridgehead atoms. The van der Waals surface area contributed by atoms with Crippen LogP contribution in [0.4, 0.5) is 4.39 Å². The fraction of sp³-hybridized carbons (Fsp3) is 0.222. The molecule has 2 aromatic heterocycles. The van der Waals surface area contributed by atoms with Crippen molar-refractivity contribution in [3.8, 4) is 5.69 Å². The number of pyridine rings is 2. The minimum atomic E-state index is -0.505. The van der Waals surface area contributed by atoms with Crippen LogP contribution in [0.1, 0.15) is 31.0 Å². The van der Waals surface area contributed by atoms with Crippen molar-refractivity contribution in [3.05, 3.63) is 70.2 Å². The van der Waals surface area contributed by atoms with Crippen LogP contribution >= 0.6 is 0 Å². The molecule has 22 heavy (non-hydrogen) atoms. The number of halogens is 1. The Morgan fingerprint density at radius 1 is 1.09 bits per heavy atom. The molecule has 0 radical (unpaired) electrons. The summed E-state index contributed by atoms with van der Waals surface area (Å²) in [7, 11) is 0. The van der Waals surface area contributed by atoms with E-state index in [0.29, 0.717) is 27.7 Å². The van der Waals surface area contributed by atoms with Crippen LogP contribution in [-0.2, 0) is 0 Å². The fourth-order valence-corrected chi connectivity index (χ4v) is 2.82. The zero-order valence-corrected chi connectivity index (χ0v) is 12.8. The third-order valence-electron chi connectivity index (χ3n) is 3.87. The molecule has 1 aromatic carbocycles. The highest BCUT2D eigenvalue weighted by atomic mass is 19.1. The Morgan fingerprint density at radius 2 is 1.77 bits per heavy atom. The lowest BCUT2D eigenvalue weighted by Crippen LogP contribution is -2.25. The van der Waals surface area contributed by atoms with Gasteiger partial charge in [0.05, 0.1) is 11.4 Å². The Morgan fingerprint density at radius 3 is 2.41 bits per heavy atom. The van der Waals surface area contributed by atoms with Gasteiger partial charge in [0.25, 0.3) is 5.56 Å². The van der Waals surface area contributed by atoms with Gasteiger partial charge in [-0.1, -0.05) is 32.0 Å². The van der Waals surface area contributed by atoms with Gasteiger partial charge < -0.3 is 0 Å². The average molecular weight is 296 g/mol. The first-order chi connectivity index (χ1) is 10.5. The van der Waals surface area contributed by atoms with Gasteiger partial charge in [-0.2, -0.15) is 4.39 Å². The molecule has 3 nitrogen and oxygen atoms in total. The summed E-state index contributed by atoms with van der Waals surface area (Å²) in [5.41, 5.74) is 1.30. The van der Waals surface area contributed by atoms with E-state index in [1.807, 2.05) is 19.9 Å². The third-order valence-corrected chi connectivity index (χ3v) is 3.87. The molecule has 0 saturated carbocycles. The predicted molar refractivity (Wildman–Crippen MR) is 86.1 cm³/mol. The van der Waals surface area contributed by atoms with Gasteiger partial charge in [-0.05, 0) is 36.4 Å². The van der Waals surface area contributed by atoms with Crippen molar-refractivity contribution in [1.29, 1.82) is 0 Å². The summed E-state index contributed by atoms with van der Waals surface area (Å²) in [5, 5.41) is 1.20. The van der Waals surface area contributed by atoms with Crippen molar-refractivity contribution in [2.45, 2.75) is 26.7 Å². The lowest BCUT2D eigenvalue weighted by molar-refractivity contribution is 0.523. The zero-order valence-electron chi connectivity index (χ0n) is 12.8. The van der Waals surface area contributed by atoms with Crippen LogP contribution < -0.4 is 5.56 Å². The van der Waals surface area contributed by atoms with E-state index in [4.69, 9.17) is 0 Å². The summed E-state index contributed by atoms with van der Waals surface area (Å²) in [6.45, 7) is 5.62. The van der Waals surface area contributed by atoms with Crippen LogP contribution in [0.15, 0.2) is 47.4 Å². The van der Waals surface area contributed by atoms with Gasteiger partial charge in [0.1, 0.15) is 0 Å². The number of benzene rings is 1. The Balaban J connectivity index is 2.52. The van der Waals surface area contributed by atoms with Gasteiger partial charge in [-0.25, -0.2) is 0 Å². The molecule has 0 aliphatic carbocycles. The maximum atomic E-state index is 15.1. The molecule has 4 heteroatoms. The van der Waals surface area contributed by atoms with Crippen molar-refractivity contribution in [1.82, 2.24) is 9.55 Å². The summed E-state index contributed by atoms with van der Waals surface area (Å²) in [6, 6.07) is 10.6. The fourth-order valence-electron chi connectivity index (χ4n) is 2.82. The van der Waals surface area contributed by atoms with E-state index >= 15 is 4.39 Å². The minimum Gasteiger partial charge on any atom is -0.268 e. The highest BCUT2D eigenvalue weighted by Crippen LogP contribution is 2.27. The molecule has 0 unspecified atom stereocenters. The van der Waals surface area contributed by atoms with Gasteiger partial charge >= 0.3 is 0 Å². The summed E-state index contributed by atoms with van der Waals surface area (Å²) >= 11 is 0. The summed E-state index contributed by atoms with van der Waals surface area (Å²) in [6.07, 6.45) is 1.63. The highest BCUT2D eigenvalue weighted by Gasteiger charge is 2.20. The molecule has 112 valence electrons. The van der Waals surface area contributed by atoms with Gasteiger partial charge in [0.15, 0.2) is 0 Å². The van der Waals surface area contributed by atoms with E-state index in [0.717, 1.165) is 4.57 Å². The molecule has 0 N–H and O–H groups in total. The number of aryl methyl sites for hydroxylation is 1. The van der Waals surface area contributed by atoms with Crippen LogP contribution in [-0.4, -0.2) is 9.55 Å². The smallest absolute Gasteiger partial charge is 0.265 e. The highest BCUT2D eigenvalue weighted by molar-refractivity contribution is 5.85. The molecule has 0 spiro atoms. The van der Waals surface area contributed by atoms with E-state index in [1.54, 1.807) is 43.5 Å². The largest absolute Gasteiger partial charge is 0.268 e. The lowest BCUT2D eigenvalue weighted by Gasteiger charge is -2.17. The van der Waals surface area contributed by atoms with Crippen molar-refractivity contribution >= 4 is 10.8 Å². The topological polar surface area (TPSA) is 34.9 Å². The predicted octanol–water partition coefficient (Wildman–Crippen LogP) is 3.96. The summed E-state index contributed by atoms with van der Waals surface area (Å²) in [5.74, 6) is -0.538. The maximum absolute atomic E-state index is 15.1. The molecule has 0 aliphatic heterocycles. The van der Waals surface area contributed by atoms with Crippen molar-refractivity contribution in [2.75, 3.05) is 0 Å². The second-order valence-electron chi connectivity index (χ2n) is 5.65. The third kappa shape index (κ3) is 2.11. The number of nitrogens with zero attached hydrogens (tertiary/aromatic N) is 2. The number of hydrogen-bond donors (Lipinski definition) is 0.